The van der Waals surface area contributed by atoms with Crippen molar-refractivity contribution < 1.29 is 9.53 Å². The molecule has 0 aromatic heterocycles. The van der Waals surface area contributed by atoms with Crippen LogP contribution in [0.25, 0.3) is 0 Å². The number of rotatable bonds is 4. The first kappa shape index (κ1) is 16.9. The van der Waals surface area contributed by atoms with E-state index in [-0.39, 0.29) is 5.97 Å². The number of esters is 1. The maximum atomic E-state index is 12.2. The van der Waals surface area contributed by atoms with Gasteiger partial charge in [-0.2, -0.15) is 0 Å². The van der Waals surface area contributed by atoms with Gasteiger partial charge < -0.3 is 4.74 Å². The van der Waals surface area contributed by atoms with Crippen molar-refractivity contribution in [1.82, 2.24) is 0 Å². The van der Waals surface area contributed by atoms with Gasteiger partial charge in [0.05, 0.1) is 5.71 Å². The zero-order chi connectivity index (χ0) is 16.9. The van der Waals surface area contributed by atoms with E-state index in [0.717, 1.165) is 16.8 Å². The van der Waals surface area contributed by atoms with E-state index in [1.807, 2.05) is 81.4 Å². The van der Waals surface area contributed by atoms with Crippen molar-refractivity contribution in [2.75, 3.05) is 0 Å². The molecular formula is C20H23NO2. The number of carbonyl (C=O) groups excluding carboxylic acids is 1. The predicted molar refractivity (Wildman–Crippen MR) is 93.8 cm³/mol. The Hall–Kier alpha value is -2.42. The van der Waals surface area contributed by atoms with Gasteiger partial charge in [-0.25, -0.2) is 4.79 Å². The molecule has 2 aromatic carbocycles. The van der Waals surface area contributed by atoms with Crippen LogP contribution in [0, 0.1) is 0 Å². The van der Waals surface area contributed by atoms with Crippen molar-refractivity contribution in [2.24, 2.45) is 4.99 Å². The van der Waals surface area contributed by atoms with Gasteiger partial charge in [0.25, 0.3) is 0 Å². The van der Waals surface area contributed by atoms with Crippen LogP contribution in [0.4, 0.5) is 0 Å². The summed E-state index contributed by atoms with van der Waals surface area (Å²) >= 11 is 0. The third-order valence-corrected chi connectivity index (χ3v) is 3.17. The normalized spacial score (nSPS) is 12.3. The summed E-state index contributed by atoms with van der Waals surface area (Å²) in [6.45, 7) is 7.34. The summed E-state index contributed by atoms with van der Waals surface area (Å²) in [5, 5.41) is 0. The number of benzene rings is 2. The highest BCUT2D eigenvalue weighted by Crippen LogP contribution is 2.14. The molecule has 0 bridgehead atoms. The maximum absolute atomic E-state index is 12.2. The van der Waals surface area contributed by atoms with Crippen molar-refractivity contribution in [3.63, 3.8) is 0 Å². The Morgan fingerprint density at radius 3 is 1.74 bits per heavy atom. The molecule has 23 heavy (non-hydrogen) atoms. The molecule has 0 N–H and O–H groups in total. The van der Waals surface area contributed by atoms with E-state index < -0.39 is 11.6 Å². The number of nitrogens with zero attached hydrogens (tertiary/aromatic N) is 1. The van der Waals surface area contributed by atoms with Crippen LogP contribution < -0.4 is 0 Å². The Morgan fingerprint density at radius 2 is 1.35 bits per heavy atom. The molecule has 0 radical (unpaired) electrons. The average Bonchev–Trinajstić information content (AvgIpc) is 2.52. The first-order valence-corrected chi connectivity index (χ1v) is 7.78. The summed E-state index contributed by atoms with van der Waals surface area (Å²) in [7, 11) is 0. The van der Waals surface area contributed by atoms with E-state index in [1.54, 1.807) is 6.92 Å². The number of aliphatic imine (C=N–C) groups is 1. The Bertz CT molecular complexity index is 628. The Morgan fingerprint density at radius 1 is 0.913 bits per heavy atom. The molecule has 0 spiro atoms. The van der Waals surface area contributed by atoms with Gasteiger partial charge in [0.2, 0.25) is 0 Å². The molecule has 2 aromatic rings. The average molecular weight is 309 g/mol. The first-order chi connectivity index (χ1) is 10.9. The van der Waals surface area contributed by atoms with Crippen LogP contribution in [-0.4, -0.2) is 23.3 Å². The standard InChI is InChI=1S/C20H23NO2/c1-15(19(22)23-20(2,3)4)21-18(16-11-7-5-8-12-16)17-13-9-6-10-14-17/h5-15H,1-4H3/t15-/m1/s1. The first-order valence-electron chi connectivity index (χ1n) is 7.78. The molecule has 3 heteroatoms. The minimum atomic E-state index is -0.565. The van der Waals surface area contributed by atoms with E-state index in [1.165, 1.54) is 0 Å². The third-order valence-electron chi connectivity index (χ3n) is 3.17. The summed E-state index contributed by atoms with van der Waals surface area (Å²) in [5.74, 6) is -0.318. The summed E-state index contributed by atoms with van der Waals surface area (Å²) in [4.78, 5) is 16.9. The highest BCUT2D eigenvalue weighted by atomic mass is 16.6. The SMILES string of the molecule is C[C@@H](N=C(c1ccccc1)c1ccccc1)C(=O)OC(C)(C)C. The van der Waals surface area contributed by atoms with Crippen molar-refractivity contribution in [2.45, 2.75) is 39.3 Å². The molecule has 0 saturated carbocycles. The van der Waals surface area contributed by atoms with Crippen molar-refractivity contribution >= 4 is 11.7 Å². The topological polar surface area (TPSA) is 38.7 Å². The van der Waals surface area contributed by atoms with Crippen molar-refractivity contribution in [3.05, 3.63) is 71.8 Å². The third kappa shape index (κ3) is 5.06. The fourth-order valence-corrected chi connectivity index (χ4v) is 2.14. The minimum absolute atomic E-state index is 0.318. The number of hydrogen-bond acceptors (Lipinski definition) is 3. The molecule has 0 aliphatic rings. The van der Waals surface area contributed by atoms with Gasteiger partial charge in [-0.05, 0) is 27.7 Å². The van der Waals surface area contributed by atoms with Gasteiger partial charge in [0.15, 0.2) is 0 Å². The molecule has 0 fully saturated rings. The molecule has 2 rings (SSSR count). The van der Waals surface area contributed by atoms with E-state index in [2.05, 4.69) is 4.99 Å². The van der Waals surface area contributed by atoms with E-state index >= 15 is 0 Å². The van der Waals surface area contributed by atoms with Crippen LogP contribution in [0.3, 0.4) is 0 Å². The van der Waals surface area contributed by atoms with Crippen LogP contribution >= 0.6 is 0 Å². The zero-order valence-corrected chi connectivity index (χ0v) is 14.1. The Balaban J connectivity index is 2.36. The lowest BCUT2D eigenvalue weighted by atomic mass is 10.0. The van der Waals surface area contributed by atoms with Crippen LogP contribution in [0.1, 0.15) is 38.8 Å². The minimum Gasteiger partial charge on any atom is -0.458 e. The largest absolute Gasteiger partial charge is 0.458 e. The maximum Gasteiger partial charge on any atom is 0.331 e. The number of ether oxygens (including phenoxy) is 1. The molecule has 0 aliphatic heterocycles. The van der Waals surface area contributed by atoms with Gasteiger partial charge in [-0.1, -0.05) is 60.7 Å². The molecule has 0 aliphatic carbocycles. The molecule has 1 atom stereocenters. The summed E-state index contributed by atoms with van der Waals surface area (Å²) < 4.78 is 5.43. The van der Waals surface area contributed by atoms with E-state index in [0.29, 0.717) is 0 Å². The summed E-state index contributed by atoms with van der Waals surface area (Å²) in [6, 6.07) is 19.2. The molecular weight excluding hydrogens is 286 g/mol. The quantitative estimate of drug-likeness (QED) is 0.625. The Labute approximate surface area is 138 Å². The monoisotopic (exact) mass is 309 g/mol. The van der Waals surface area contributed by atoms with E-state index in [9.17, 15) is 4.79 Å². The zero-order valence-electron chi connectivity index (χ0n) is 14.1. The summed E-state index contributed by atoms with van der Waals surface area (Å²) in [5.41, 5.74) is 2.24. The van der Waals surface area contributed by atoms with Crippen LogP contribution in [0.5, 0.6) is 0 Å². The van der Waals surface area contributed by atoms with Crippen molar-refractivity contribution in [3.8, 4) is 0 Å². The molecule has 3 nitrogen and oxygen atoms in total. The highest BCUT2D eigenvalue weighted by Gasteiger charge is 2.22. The van der Waals surface area contributed by atoms with Crippen LogP contribution in [-0.2, 0) is 9.53 Å². The predicted octanol–water partition coefficient (Wildman–Crippen LogP) is 4.25. The molecule has 0 saturated heterocycles. The molecule has 0 amide bonds. The molecule has 120 valence electrons. The van der Waals surface area contributed by atoms with Gasteiger partial charge in [-0.15, -0.1) is 0 Å². The Kier molecular flexibility index (Phi) is 5.32. The number of carbonyl (C=O) groups is 1. The van der Waals surface area contributed by atoms with Crippen LogP contribution in [0.2, 0.25) is 0 Å². The second kappa shape index (κ2) is 7.23. The second-order valence-electron chi connectivity index (χ2n) is 6.42. The molecule has 0 unspecified atom stereocenters. The fourth-order valence-electron chi connectivity index (χ4n) is 2.14. The number of hydrogen-bond donors (Lipinski definition) is 0. The van der Waals surface area contributed by atoms with E-state index in [4.69, 9.17) is 4.74 Å². The van der Waals surface area contributed by atoms with Gasteiger partial charge in [-0.3, -0.25) is 4.99 Å². The fraction of sp³-hybridized carbons (Fsp3) is 0.300. The lowest BCUT2D eigenvalue weighted by molar-refractivity contribution is -0.155. The lowest BCUT2D eigenvalue weighted by Crippen LogP contribution is -2.30. The van der Waals surface area contributed by atoms with Gasteiger partial charge in [0, 0.05) is 11.1 Å². The molecule has 0 heterocycles. The van der Waals surface area contributed by atoms with Gasteiger partial charge in [0.1, 0.15) is 11.6 Å². The van der Waals surface area contributed by atoms with Crippen LogP contribution in [0.15, 0.2) is 65.7 Å². The highest BCUT2D eigenvalue weighted by molar-refractivity contribution is 6.13. The lowest BCUT2D eigenvalue weighted by Gasteiger charge is -2.21. The van der Waals surface area contributed by atoms with Gasteiger partial charge >= 0.3 is 5.97 Å². The van der Waals surface area contributed by atoms with Crippen molar-refractivity contribution in [1.29, 1.82) is 0 Å². The second-order valence-corrected chi connectivity index (χ2v) is 6.42. The summed E-state index contributed by atoms with van der Waals surface area (Å²) in [6.07, 6.45) is 0. The smallest absolute Gasteiger partial charge is 0.331 e.